The van der Waals surface area contributed by atoms with Gasteiger partial charge in [-0.2, -0.15) is 0 Å². The Morgan fingerprint density at radius 3 is 2.35 bits per heavy atom. The van der Waals surface area contributed by atoms with Crippen LogP contribution in [0.15, 0.2) is 0 Å². The molecular weight excluding hydrogens is 260 g/mol. The van der Waals surface area contributed by atoms with Gasteiger partial charge in [0.2, 0.25) is 0 Å². The number of carboxylic acid groups (broad SMARTS) is 1. The molecule has 2 heterocycles. The van der Waals surface area contributed by atoms with Crippen LogP contribution in [0, 0.1) is 0 Å². The molecule has 0 aromatic rings. The van der Waals surface area contributed by atoms with Crippen LogP contribution in [0.5, 0.6) is 0 Å². The minimum absolute atomic E-state index is 0.112. The summed E-state index contributed by atoms with van der Waals surface area (Å²) in [5.41, 5.74) is -0.975. The largest absolute Gasteiger partial charge is 0.465 e. The van der Waals surface area contributed by atoms with E-state index in [0.717, 1.165) is 25.7 Å². The van der Waals surface area contributed by atoms with Crippen molar-refractivity contribution in [3.63, 3.8) is 0 Å². The van der Waals surface area contributed by atoms with Crippen molar-refractivity contribution < 1.29 is 19.4 Å². The van der Waals surface area contributed by atoms with E-state index in [-0.39, 0.29) is 11.5 Å². The van der Waals surface area contributed by atoms with Crippen LogP contribution in [0.1, 0.15) is 38.5 Å². The third kappa shape index (κ3) is 2.06. The van der Waals surface area contributed by atoms with E-state index in [4.69, 9.17) is 9.84 Å². The summed E-state index contributed by atoms with van der Waals surface area (Å²) in [4.78, 5) is 26.7. The zero-order valence-corrected chi connectivity index (χ0v) is 11.9. The topological polar surface area (TPSA) is 70.1 Å². The lowest BCUT2D eigenvalue weighted by atomic mass is 9.85. The molecule has 0 atom stereocenters. The lowest BCUT2D eigenvalue weighted by molar-refractivity contribution is -0.220. The van der Waals surface area contributed by atoms with Gasteiger partial charge < -0.3 is 19.6 Å². The Morgan fingerprint density at radius 2 is 1.80 bits per heavy atom. The number of piperidine rings is 1. The molecule has 0 unspecified atom stereocenters. The third-order valence-corrected chi connectivity index (χ3v) is 5.03. The van der Waals surface area contributed by atoms with Crippen LogP contribution in [0.3, 0.4) is 0 Å². The first-order valence-corrected chi connectivity index (χ1v) is 7.40. The molecule has 3 rings (SSSR count). The molecule has 2 saturated heterocycles. The first-order chi connectivity index (χ1) is 9.46. The summed E-state index contributed by atoms with van der Waals surface area (Å²) in [7, 11) is 1.84. The van der Waals surface area contributed by atoms with Gasteiger partial charge in [-0.15, -0.1) is 0 Å². The molecule has 6 heteroatoms. The maximum atomic E-state index is 12.4. The number of ether oxygens (including phenoxy) is 1. The lowest BCUT2D eigenvalue weighted by Crippen LogP contribution is -2.65. The van der Waals surface area contributed by atoms with E-state index >= 15 is 0 Å². The van der Waals surface area contributed by atoms with Gasteiger partial charge in [0.1, 0.15) is 5.60 Å². The average Bonchev–Trinajstić information content (AvgIpc) is 2.86. The highest BCUT2D eigenvalue weighted by Crippen LogP contribution is 2.44. The average molecular weight is 282 g/mol. The molecular formula is C14H22N2O4. The van der Waals surface area contributed by atoms with Crippen LogP contribution in [0.4, 0.5) is 4.79 Å². The quantitative estimate of drug-likeness (QED) is 0.727. The Bertz CT molecular complexity index is 423. The van der Waals surface area contributed by atoms with Gasteiger partial charge in [-0.3, -0.25) is 4.79 Å². The second-order valence-electron chi connectivity index (χ2n) is 6.42. The molecule has 2 amide bonds. The number of hydrogen-bond acceptors (Lipinski definition) is 3. The van der Waals surface area contributed by atoms with E-state index < -0.39 is 11.7 Å². The zero-order valence-electron chi connectivity index (χ0n) is 11.9. The Hall–Kier alpha value is -1.30. The first kappa shape index (κ1) is 13.7. The number of morpholine rings is 1. The smallest absolute Gasteiger partial charge is 0.407 e. The Morgan fingerprint density at radius 1 is 1.20 bits per heavy atom. The number of carbonyl (C=O) groups is 2. The number of hydrogen-bond donors (Lipinski definition) is 1. The second-order valence-corrected chi connectivity index (χ2v) is 6.42. The van der Waals surface area contributed by atoms with Gasteiger partial charge in [-0.25, -0.2) is 4.79 Å². The zero-order chi connectivity index (χ0) is 14.4. The summed E-state index contributed by atoms with van der Waals surface area (Å²) in [6.07, 6.45) is 4.18. The summed E-state index contributed by atoms with van der Waals surface area (Å²) in [6.45, 7) is 1.57. The molecule has 2 spiro atoms. The predicted octanol–water partition coefficient (Wildman–Crippen LogP) is 1.30. The molecule has 0 aromatic carbocycles. The van der Waals surface area contributed by atoms with Gasteiger partial charge in [0.05, 0.1) is 5.60 Å². The molecule has 6 nitrogen and oxygen atoms in total. The van der Waals surface area contributed by atoms with Crippen molar-refractivity contribution in [2.75, 3.05) is 26.7 Å². The maximum Gasteiger partial charge on any atom is 0.407 e. The van der Waals surface area contributed by atoms with Crippen LogP contribution in [0.2, 0.25) is 0 Å². The normalized spacial score (nSPS) is 28.4. The van der Waals surface area contributed by atoms with Crippen molar-refractivity contribution in [2.24, 2.45) is 0 Å². The van der Waals surface area contributed by atoms with Crippen molar-refractivity contribution in [1.29, 1.82) is 0 Å². The molecule has 0 aromatic heterocycles. The van der Waals surface area contributed by atoms with Gasteiger partial charge in [-0.1, -0.05) is 0 Å². The standard InChI is InChI=1S/C14H22N2O4/c1-15-10-13(6-8-16(9-7-13)12(18)19)20-14(11(15)17)4-2-3-5-14/h2-10H2,1H3,(H,18,19). The van der Waals surface area contributed by atoms with Crippen LogP contribution < -0.4 is 0 Å². The number of nitrogens with zero attached hydrogens (tertiary/aromatic N) is 2. The molecule has 3 fully saturated rings. The summed E-state index contributed by atoms with van der Waals surface area (Å²) in [5.74, 6) is 0.112. The minimum Gasteiger partial charge on any atom is -0.465 e. The Kier molecular flexibility index (Phi) is 3.16. The van der Waals surface area contributed by atoms with Crippen LogP contribution in [-0.2, 0) is 9.53 Å². The fourth-order valence-corrected chi connectivity index (χ4v) is 3.97. The SMILES string of the molecule is CN1CC2(CCN(C(=O)O)CC2)OC2(CCCC2)C1=O. The maximum absolute atomic E-state index is 12.4. The highest BCUT2D eigenvalue weighted by Gasteiger charge is 2.55. The van der Waals surface area contributed by atoms with Gasteiger partial charge in [-0.05, 0) is 38.5 Å². The first-order valence-electron chi connectivity index (χ1n) is 7.40. The minimum atomic E-state index is -0.865. The van der Waals surface area contributed by atoms with Crippen LogP contribution in [-0.4, -0.2) is 64.8 Å². The fraction of sp³-hybridized carbons (Fsp3) is 0.857. The monoisotopic (exact) mass is 282 g/mol. The highest BCUT2D eigenvalue weighted by atomic mass is 16.5. The van der Waals surface area contributed by atoms with E-state index in [1.165, 1.54) is 4.90 Å². The van der Waals surface area contributed by atoms with Gasteiger partial charge >= 0.3 is 6.09 Å². The van der Waals surface area contributed by atoms with Crippen molar-refractivity contribution in [1.82, 2.24) is 9.80 Å². The third-order valence-electron chi connectivity index (χ3n) is 5.03. The molecule has 0 radical (unpaired) electrons. The fourth-order valence-electron chi connectivity index (χ4n) is 3.97. The summed E-state index contributed by atoms with van der Waals surface area (Å²) in [6, 6.07) is 0. The van der Waals surface area contributed by atoms with E-state index in [1.54, 1.807) is 4.90 Å². The van der Waals surface area contributed by atoms with Crippen molar-refractivity contribution in [3.8, 4) is 0 Å². The van der Waals surface area contributed by atoms with Crippen LogP contribution >= 0.6 is 0 Å². The molecule has 2 aliphatic heterocycles. The van der Waals surface area contributed by atoms with Crippen molar-refractivity contribution >= 4 is 12.0 Å². The summed E-state index contributed by atoms with van der Waals surface area (Å²) < 4.78 is 6.36. The number of amides is 2. The second kappa shape index (κ2) is 4.62. The van der Waals surface area contributed by atoms with Crippen molar-refractivity contribution in [2.45, 2.75) is 49.7 Å². The molecule has 0 bridgehead atoms. The van der Waals surface area contributed by atoms with E-state index in [2.05, 4.69) is 0 Å². The van der Waals surface area contributed by atoms with E-state index in [0.29, 0.717) is 32.5 Å². The Balaban J connectivity index is 1.78. The number of carbonyl (C=O) groups excluding carboxylic acids is 1. The Labute approximate surface area is 118 Å². The molecule has 20 heavy (non-hydrogen) atoms. The molecule has 1 aliphatic carbocycles. The van der Waals surface area contributed by atoms with Crippen LogP contribution in [0.25, 0.3) is 0 Å². The molecule has 1 N–H and O–H groups in total. The van der Waals surface area contributed by atoms with E-state index in [9.17, 15) is 9.59 Å². The molecule has 3 aliphatic rings. The number of likely N-dealkylation sites (N-methyl/N-ethyl adjacent to an activating group) is 1. The lowest BCUT2D eigenvalue weighted by Gasteiger charge is -2.52. The molecule has 112 valence electrons. The van der Waals surface area contributed by atoms with Gasteiger partial charge in [0.15, 0.2) is 0 Å². The van der Waals surface area contributed by atoms with Crippen molar-refractivity contribution in [3.05, 3.63) is 0 Å². The predicted molar refractivity (Wildman–Crippen MR) is 71.5 cm³/mol. The number of likely N-dealkylation sites (tertiary alicyclic amines) is 1. The van der Waals surface area contributed by atoms with Gasteiger partial charge in [0, 0.05) is 26.7 Å². The summed E-state index contributed by atoms with van der Waals surface area (Å²) >= 11 is 0. The van der Waals surface area contributed by atoms with Gasteiger partial charge in [0.25, 0.3) is 5.91 Å². The van der Waals surface area contributed by atoms with E-state index in [1.807, 2.05) is 7.05 Å². The molecule has 1 saturated carbocycles. The summed E-state index contributed by atoms with van der Waals surface area (Å²) in [5, 5.41) is 9.04. The highest BCUT2D eigenvalue weighted by molar-refractivity contribution is 5.86. The number of rotatable bonds is 0.